The molecule has 0 bridgehead atoms. The second kappa shape index (κ2) is 36.2. The molecular formula is C77H84O11. The minimum Gasteiger partial charge on any atom is -0.494 e. The molecule has 458 valence electrons. The van der Waals surface area contributed by atoms with Crippen molar-refractivity contribution in [3.8, 4) is 62.5 Å². The van der Waals surface area contributed by atoms with Crippen molar-refractivity contribution in [2.24, 2.45) is 0 Å². The van der Waals surface area contributed by atoms with Gasteiger partial charge in [-0.05, 0) is 156 Å². The van der Waals surface area contributed by atoms with Crippen LogP contribution in [0, 0.1) is 0 Å². The fraction of sp³-hybridized carbons (Fsp3) is 0.325. The first kappa shape index (κ1) is 65.0. The maximum absolute atomic E-state index is 14.0. The molecule has 8 aromatic carbocycles. The van der Waals surface area contributed by atoms with Gasteiger partial charge in [-0.15, -0.1) is 0 Å². The number of benzene rings is 8. The normalized spacial score (nSPS) is 10.9. The Balaban J connectivity index is 0.793. The summed E-state index contributed by atoms with van der Waals surface area (Å²) in [5.41, 5.74) is 5.27. The Morgan fingerprint density at radius 3 is 0.955 bits per heavy atom. The van der Waals surface area contributed by atoms with Crippen LogP contribution in [0.25, 0.3) is 22.3 Å². The Hall–Kier alpha value is -8.96. The van der Waals surface area contributed by atoms with Gasteiger partial charge in [0.05, 0.1) is 29.9 Å². The highest BCUT2D eigenvalue weighted by atomic mass is 16.6. The van der Waals surface area contributed by atoms with E-state index in [1.165, 1.54) is 109 Å². The molecule has 0 atom stereocenters. The summed E-state index contributed by atoms with van der Waals surface area (Å²) in [6, 6.07) is 56.4. The molecule has 0 saturated heterocycles. The number of hydrogen-bond acceptors (Lipinski definition) is 11. The summed E-state index contributed by atoms with van der Waals surface area (Å²) in [5, 5.41) is 0. The Bertz CT molecular complexity index is 3360. The van der Waals surface area contributed by atoms with E-state index in [9.17, 15) is 19.2 Å². The van der Waals surface area contributed by atoms with E-state index in [2.05, 4.69) is 13.8 Å². The van der Waals surface area contributed by atoms with Crippen LogP contribution in [0.2, 0.25) is 0 Å². The second-order valence-corrected chi connectivity index (χ2v) is 22.3. The average Bonchev–Trinajstić information content (AvgIpc) is 2.86. The van der Waals surface area contributed by atoms with Gasteiger partial charge in [-0.2, -0.15) is 0 Å². The molecule has 0 spiro atoms. The van der Waals surface area contributed by atoms with Gasteiger partial charge in [0.1, 0.15) is 52.4 Å². The van der Waals surface area contributed by atoms with Gasteiger partial charge in [0.2, 0.25) is 0 Å². The summed E-state index contributed by atoms with van der Waals surface area (Å²) in [4.78, 5) is 53.7. The van der Waals surface area contributed by atoms with Crippen molar-refractivity contribution in [3.05, 3.63) is 222 Å². The average molecular weight is 1190 g/mol. The quantitative estimate of drug-likeness (QED) is 0.0209. The fourth-order valence-electron chi connectivity index (χ4n) is 10.1. The monoisotopic (exact) mass is 1180 g/mol. The third kappa shape index (κ3) is 21.8. The number of rotatable bonds is 37. The molecule has 0 aromatic heterocycles. The molecule has 0 aliphatic heterocycles. The zero-order valence-corrected chi connectivity index (χ0v) is 51.2. The lowest BCUT2D eigenvalue weighted by molar-refractivity contribution is 0.0717. The third-order valence-corrected chi connectivity index (χ3v) is 15.3. The van der Waals surface area contributed by atoms with Gasteiger partial charge < -0.3 is 33.2 Å². The molecular weight excluding hydrogens is 1100 g/mol. The van der Waals surface area contributed by atoms with Crippen molar-refractivity contribution in [2.45, 2.75) is 149 Å². The third-order valence-electron chi connectivity index (χ3n) is 15.3. The number of unbranched alkanes of at least 4 members (excludes halogenated alkanes) is 18. The molecule has 0 fully saturated rings. The van der Waals surface area contributed by atoms with Crippen LogP contribution in [0.4, 0.5) is 0 Å². The van der Waals surface area contributed by atoms with Gasteiger partial charge in [-0.3, -0.25) is 0 Å². The van der Waals surface area contributed by atoms with Crippen molar-refractivity contribution in [1.29, 1.82) is 0 Å². The molecule has 0 unspecified atom stereocenters. The number of esters is 4. The van der Waals surface area contributed by atoms with Crippen molar-refractivity contribution in [2.75, 3.05) is 13.2 Å². The molecule has 11 heteroatoms. The summed E-state index contributed by atoms with van der Waals surface area (Å²) >= 11 is 0. The molecule has 8 aromatic rings. The van der Waals surface area contributed by atoms with E-state index in [1.54, 1.807) is 109 Å². The second-order valence-electron chi connectivity index (χ2n) is 22.3. The smallest absolute Gasteiger partial charge is 0.347 e. The van der Waals surface area contributed by atoms with Crippen LogP contribution in [0.1, 0.15) is 189 Å². The number of hydrogen-bond donors (Lipinski definition) is 0. The molecule has 0 saturated carbocycles. The lowest BCUT2D eigenvalue weighted by Gasteiger charge is -2.13. The van der Waals surface area contributed by atoms with E-state index in [0.717, 1.165) is 65.0 Å². The van der Waals surface area contributed by atoms with Gasteiger partial charge in [-0.1, -0.05) is 208 Å². The highest BCUT2D eigenvalue weighted by Crippen LogP contribution is 2.30. The summed E-state index contributed by atoms with van der Waals surface area (Å²) in [6.07, 6.45) is 25.3. The van der Waals surface area contributed by atoms with E-state index >= 15 is 0 Å². The number of carbonyl (C=O) groups excluding carboxylic acids is 4. The summed E-state index contributed by atoms with van der Waals surface area (Å²) in [5.74, 6) is 0.682. The first-order valence-electron chi connectivity index (χ1n) is 31.8. The highest BCUT2D eigenvalue weighted by molar-refractivity contribution is 5.99. The first-order valence-corrected chi connectivity index (χ1v) is 31.8. The topological polar surface area (TPSA) is 133 Å². The minimum absolute atomic E-state index is 0.0328. The lowest BCUT2D eigenvalue weighted by Crippen LogP contribution is -2.14. The highest BCUT2D eigenvalue weighted by Gasteiger charge is 2.21. The van der Waals surface area contributed by atoms with Crippen LogP contribution < -0.4 is 33.2 Å². The lowest BCUT2D eigenvalue weighted by atomic mass is 10.1. The van der Waals surface area contributed by atoms with Crippen LogP contribution in [-0.4, -0.2) is 37.1 Å². The summed E-state index contributed by atoms with van der Waals surface area (Å²) in [6.45, 7) is 5.97. The van der Waals surface area contributed by atoms with E-state index in [-0.39, 0.29) is 29.2 Å². The number of carbonyl (C=O) groups is 4. The SMILES string of the molecule is CCCCCCCCCCCCOc1ccc(C(=O)Oc2ccc(-c3ccc(OC(=O)c4ccc(OCc5ccccc5)c(C(=O)Oc5ccc(-c6ccc(OC(=O)c7ccc(OCCCCCCCCCCCC)cc7)cc6)cc5)c4)cc3)cc2)cc1. The van der Waals surface area contributed by atoms with Gasteiger partial charge >= 0.3 is 23.9 Å². The predicted molar refractivity (Wildman–Crippen MR) is 348 cm³/mol. The Morgan fingerprint density at radius 1 is 0.284 bits per heavy atom. The molecule has 0 radical (unpaired) electrons. The van der Waals surface area contributed by atoms with E-state index in [4.69, 9.17) is 33.2 Å². The van der Waals surface area contributed by atoms with Gasteiger partial charge in [0.15, 0.2) is 0 Å². The maximum Gasteiger partial charge on any atom is 0.347 e. The van der Waals surface area contributed by atoms with Crippen molar-refractivity contribution in [1.82, 2.24) is 0 Å². The molecule has 0 aliphatic rings. The van der Waals surface area contributed by atoms with Crippen molar-refractivity contribution >= 4 is 23.9 Å². The zero-order valence-electron chi connectivity index (χ0n) is 51.2. The number of ether oxygens (including phenoxy) is 7. The molecule has 8 rings (SSSR count). The van der Waals surface area contributed by atoms with Crippen molar-refractivity contribution < 1.29 is 52.3 Å². The van der Waals surface area contributed by atoms with E-state index < -0.39 is 23.9 Å². The Labute approximate surface area is 520 Å². The van der Waals surface area contributed by atoms with Crippen LogP contribution in [0.15, 0.2) is 194 Å². The molecule has 0 heterocycles. The zero-order chi connectivity index (χ0) is 61.4. The standard InChI is InChI=1S/C77H84O11/c1-3-5-7-9-11-13-15-17-19-24-54-82-66-41-36-63(37-42-66)74(78)85-68-45-28-59(29-46-68)61-32-49-70(50-33-61)87-76(80)65-40-53-73(84-57-58-26-22-21-23-27-58)72(56-65)77(81)88-71-51-34-62(35-52-71)60-30-47-69(48-31-60)86-75(79)64-38-43-67(44-39-64)83-55-25-20-18-16-14-12-10-8-6-4-2/h21-23,26-53,56H,3-20,24-25,54-55,57H2,1-2H3. The molecule has 11 nitrogen and oxygen atoms in total. The molecule has 0 N–H and O–H groups in total. The molecule has 0 aliphatic carbocycles. The maximum atomic E-state index is 14.0. The first-order chi connectivity index (χ1) is 43.2. The van der Waals surface area contributed by atoms with Crippen LogP contribution >= 0.6 is 0 Å². The van der Waals surface area contributed by atoms with Gasteiger partial charge in [0.25, 0.3) is 0 Å². The van der Waals surface area contributed by atoms with Crippen LogP contribution in [0.5, 0.6) is 40.2 Å². The summed E-state index contributed by atoms with van der Waals surface area (Å²) < 4.78 is 41.0. The summed E-state index contributed by atoms with van der Waals surface area (Å²) in [7, 11) is 0. The fourth-order valence-corrected chi connectivity index (χ4v) is 10.1. The Morgan fingerprint density at radius 2 is 0.591 bits per heavy atom. The van der Waals surface area contributed by atoms with Gasteiger partial charge in [0, 0.05) is 0 Å². The van der Waals surface area contributed by atoms with E-state index in [0.29, 0.717) is 41.6 Å². The van der Waals surface area contributed by atoms with Crippen LogP contribution in [-0.2, 0) is 6.61 Å². The Kier molecular flexibility index (Phi) is 26.8. The molecule has 88 heavy (non-hydrogen) atoms. The van der Waals surface area contributed by atoms with Crippen LogP contribution in [0.3, 0.4) is 0 Å². The van der Waals surface area contributed by atoms with Gasteiger partial charge in [-0.25, -0.2) is 19.2 Å². The van der Waals surface area contributed by atoms with Crippen molar-refractivity contribution in [3.63, 3.8) is 0 Å². The molecule has 0 amide bonds. The predicted octanol–water partition coefficient (Wildman–Crippen LogP) is 20.1. The minimum atomic E-state index is -0.734. The van der Waals surface area contributed by atoms with E-state index in [1.807, 2.05) is 78.9 Å². The largest absolute Gasteiger partial charge is 0.494 e.